The van der Waals surface area contributed by atoms with Gasteiger partial charge in [0.2, 0.25) is 0 Å². The van der Waals surface area contributed by atoms with Crippen LogP contribution in [0, 0.1) is 5.82 Å². The molecular formula is C10H12BrFN2O. The van der Waals surface area contributed by atoms with Crippen LogP contribution in [-0.2, 0) is 0 Å². The molecule has 1 unspecified atom stereocenters. The van der Waals surface area contributed by atoms with E-state index >= 15 is 0 Å². The van der Waals surface area contributed by atoms with Gasteiger partial charge in [0.25, 0.3) is 5.91 Å². The Bertz CT molecular complexity index is 368. The number of hydrogen-bond donors (Lipinski definition) is 2. The maximum atomic E-state index is 12.9. The first kappa shape index (κ1) is 12.1. The second-order valence-electron chi connectivity index (χ2n) is 3.31. The highest BCUT2D eigenvalue weighted by molar-refractivity contribution is 9.10. The number of benzene rings is 1. The summed E-state index contributed by atoms with van der Waals surface area (Å²) in [5.41, 5.74) is 5.76. The summed E-state index contributed by atoms with van der Waals surface area (Å²) in [6, 6.07) is 3.84. The first-order valence-corrected chi connectivity index (χ1v) is 5.29. The van der Waals surface area contributed by atoms with Gasteiger partial charge in [-0.05, 0) is 41.1 Å². The molecule has 0 saturated carbocycles. The standard InChI is InChI=1S/C10H12BrFN2O/c1-6(13)5-14-10(15)8-4-7(12)2-3-9(8)11/h2-4,6H,5,13H2,1H3,(H,14,15). The SMILES string of the molecule is CC(N)CNC(=O)c1cc(F)ccc1Br. The van der Waals surface area contributed by atoms with Gasteiger partial charge in [-0.15, -0.1) is 0 Å². The van der Waals surface area contributed by atoms with Crippen molar-refractivity contribution in [3.63, 3.8) is 0 Å². The molecule has 3 N–H and O–H groups in total. The molecule has 1 aromatic rings. The molecule has 15 heavy (non-hydrogen) atoms. The fourth-order valence-electron chi connectivity index (χ4n) is 1.02. The molecule has 5 heteroatoms. The Morgan fingerprint density at radius 2 is 2.33 bits per heavy atom. The second kappa shape index (κ2) is 5.23. The van der Waals surface area contributed by atoms with Gasteiger partial charge in [-0.1, -0.05) is 0 Å². The first-order valence-electron chi connectivity index (χ1n) is 4.49. The monoisotopic (exact) mass is 274 g/mol. The molecule has 1 aromatic carbocycles. The molecule has 0 aromatic heterocycles. The summed E-state index contributed by atoms with van der Waals surface area (Å²) in [4.78, 5) is 11.6. The highest BCUT2D eigenvalue weighted by atomic mass is 79.9. The van der Waals surface area contributed by atoms with E-state index in [1.165, 1.54) is 18.2 Å². The minimum atomic E-state index is -0.441. The summed E-state index contributed by atoms with van der Waals surface area (Å²) < 4.78 is 13.4. The van der Waals surface area contributed by atoms with Gasteiger partial charge in [-0.2, -0.15) is 0 Å². The largest absolute Gasteiger partial charge is 0.350 e. The number of carbonyl (C=O) groups is 1. The minimum absolute atomic E-state index is 0.124. The van der Waals surface area contributed by atoms with Gasteiger partial charge in [0.05, 0.1) is 5.56 Å². The van der Waals surface area contributed by atoms with Gasteiger partial charge in [-0.3, -0.25) is 4.79 Å². The van der Waals surface area contributed by atoms with Crippen molar-refractivity contribution >= 4 is 21.8 Å². The molecular weight excluding hydrogens is 263 g/mol. The number of rotatable bonds is 3. The van der Waals surface area contributed by atoms with E-state index in [9.17, 15) is 9.18 Å². The molecule has 0 spiro atoms. The third-order valence-electron chi connectivity index (χ3n) is 1.76. The van der Waals surface area contributed by atoms with E-state index in [2.05, 4.69) is 21.2 Å². The van der Waals surface area contributed by atoms with Crippen LogP contribution in [0.2, 0.25) is 0 Å². The zero-order chi connectivity index (χ0) is 11.4. The van der Waals surface area contributed by atoms with Crippen molar-refractivity contribution in [1.29, 1.82) is 0 Å². The van der Waals surface area contributed by atoms with Crippen LogP contribution in [-0.4, -0.2) is 18.5 Å². The molecule has 0 fully saturated rings. The van der Waals surface area contributed by atoms with E-state index in [0.717, 1.165) is 0 Å². The van der Waals surface area contributed by atoms with Crippen molar-refractivity contribution < 1.29 is 9.18 Å². The highest BCUT2D eigenvalue weighted by Crippen LogP contribution is 2.17. The van der Waals surface area contributed by atoms with Crippen LogP contribution < -0.4 is 11.1 Å². The van der Waals surface area contributed by atoms with Crippen molar-refractivity contribution in [2.24, 2.45) is 5.73 Å². The summed E-state index contributed by atoms with van der Waals surface area (Å²) in [6.45, 7) is 2.14. The number of nitrogens with two attached hydrogens (primary N) is 1. The van der Waals surface area contributed by atoms with Crippen LogP contribution in [0.15, 0.2) is 22.7 Å². The maximum absolute atomic E-state index is 12.9. The van der Waals surface area contributed by atoms with E-state index < -0.39 is 5.82 Å². The van der Waals surface area contributed by atoms with Gasteiger partial charge in [0.15, 0.2) is 0 Å². The quantitative estimate of drug-likeness (QED) is 0.881. The van der Waals surface area contributed by atoms with Crippen LogP contribution in [0.1, 0.15) is 17.3 Å². The van der Waals surface area contributed by atoms with E-state index in [1.807, 2.05) is 0 Å². The molecule has 1 atom stereocenters. The van der Waals surface area contributed by atoms with Crippen LogP contribution in [0.25, 0.3) is 0 Å². The normalized spacial score (nSPS) is 12.3. The van der Waals surface area contributed by atoms with Crippen LogP contribution in [0.4, 0.5) is 4.39 Å². The van der Waals surface area contributed by atoms with E-state index in [0.29, 0.717) is 11.0 Å². The molecule has 0 aliphatic carbocycles. The predicted molar refractivity (Wildman–Crippen MR) is 60.1 cm³/mol. The molecule has 1 amide bonds. The number of amides is 1. The fourth-order valence-corrected chi connectivity index (χ4v) is 1.45. The number of hydrogen-bond acceptors (Lipinski definition) is 2. The van der Waals surface area contributed by atoms with Crippen molar-refractivity contribution in [3.8, 4) is 0 Å². The van der Waals surface area contributed by atoms with Crippen molar-refractivity contribution in [3.05, 3.63) is 34.1 Å². The third kappa shape index (κ3) is 3.60. The average molecular weight is 275 g/mol. The fraction of sp³-hybridized carbons (Fsp3) is 0.300. The predicted octanol–water partition coefficient (Wildman–Crippen LogP) is 1.67. The zero-order valence-corrected chi connectivity index (χ0v) is 9.84. The summed E-state index contributed by atoms with van der Waals surface area (Å²) in [5, 5.41) is 2.61. The first-order chi connectivity index (χ1) is 7.00. The van der Waals surface area contributed by atoms with E-state index in [-0.39, 0.29) is 17.5 Å². The smallest absolute Gasteiger partial charge is 0.252 e. The van der Waals surface area contributed by atoms with Gasteiger partial charge in [-0.25, -0.2) is 4.39 Å². The lowest BCUT2D eigenvalue weighted by molar-refractivity contribution is 0.0950. The summed E-state index contributed by atoms with van der Waals surface area (Å²) >= 11 is 3.18. The van der Waals surface area contributed by atoms with Gasteiger partial charge in [0, 0.05) is 17.1 Å². The zero-order valence-electron chi connectivity index (χ0n) is 8.26. The molecule has 0 aliphatic heterocycles. The number of halogens is 2. The Labute approximate surface area is 96.0 Å². The van der Waals surface area contributed by atoms with Gasteiger partial charge >= 0.3 is 0 Å². The van der Waals surface area contributed by atoms with E-state index in [4.69, 9.17) is 5.73 Å². The Morgan fingerprint density at radius 1 is 1.67 bits per heavy atom. The Kier molecular flexibility index (Phi) is 4.23. The summed E-state index contributed by atoms with van der Waals surface area (Å²) in [5.74, 6) is -0.775. The maximum Gasteiger partial charge on any atom is 0.252 e. The Morgan fingerprint density at radius 3 is 2.93 bits per heavy atom. The number of nitrogens with one attached hydrogen (secondary N) is 1. The van der Waals surface area contributed by atoms with Crippen molar-refractivity contribution in [1.82, 2.24) is 5.32 Å². The van der Waals surface area contributed by atoms with Crippen LogP contribution >= 0.6 is 15.9 Å². The van der Waals surface area contributed by atoms with E-state index in [1.54, 1.807) is 6.92 Å². The molecule has 0 aliphatic rings. The molecule has 0 heterocycles. The lowest BCUT2D eigenvalue weighted by Gasteiger charge is -2.08. The van der Waals surface area contributed by atoms with Gasteiger partial charge in [0.1, 0.15) is 5.82 Å². The lowest BCUT2D eigenvalue weighted by atomic mass is 10.2. The topological polar surface area (TPSA) is 55.1 Å². The molecule has 1 rings (SSSR count). The molecule has 0 radical (unpaired) electrons. The lowest BCUT2D eigenvalue weighted by Crippen LogP contribution is -2.35. The molecule has 3 nitrogen and oxygen atoms in total. The van der Waals surface area contributed by atoms with Crippen LogP contribution in [0.3, 0.4) is 0 Å². The third-order valence-corrected chi connectivity index (χ3v) is 2.45. The average Bonchev–Trinajstić information content (AvgIpc) is 2.18. The number of carbonyl (C=O) groups excluding carboxylic acids is 1. The molecule has 0 saturated heterocycles. The van der Waals surface area contributed by atoms with Crippen LogP contribution in [0.5, 0.6) is 0 Å². The van der Waals surface area contributed by atoms with Crippen molar-refractivity contribution in [2.45, 2.75) is 13.0 Å². The molecule has 0 bridgehead atoms. The second-order valence-corrected chi connectivity index (χ2v) is 4.17. The summed E-state index contributed by atoms with van der Waals surface area (Å²) in [6.07, 6.45) is 0. The Balaban J connectivity index is 2.77. The Hall–Kier alpha value is -0.940. The van der Waals surface area contributed by atoms with Gasteiger partial charge < -0.3 is 11.1 Å². The summed E-state index contributed by atoms with van der Waals surface area (Å²) in [7, 11) is 0. The van der Waals surface area contributed by atoms with Crippen molar-refractivity contribution in [2.75, 3.05) is 6.54 Å². The minimum Gasteiger partial charge on any atom is -0.350 e. The highest BCUT2D eigenvalue weighted by Gasteiger charge is 2.10. The molecule has 82 valence electrons.